The van der Waals surface area contributed by atoms with Gasteiger partial charge in [0.2, 0.25) is 0 Å². The van der Waals surface area contributed by atoms with Crippen LogP contribution in [0.5, 0.6) is 0 Å². The highest BCUT2D eigenvalue weighted by atomic mass is 16.5. The molecule has 0 saturated heterocycles. The van der Waals surface area contributed by atoms with Crippen LogP contribution in [0.15, 0.2) is 16.7 Å². The number of nitrogens with one attached hydrogen (secondary N) is 1. The Morgan fingerprint density at radius 1 is 1.40 bits per heavy atom. The van der Waals surface area contributed by atoms with Crippen molar-refractivity contribution in [3.63, 3.8) is 0 Å². The first-order chi connectivity index (χ1) is 9.65. The van der Waals surface area contributed by atoms with Gasteiger partial charge in [0.15, 0.2) is 0 Å². The van der Waals surface area contributed by atoms with Crippen LogP contribution >= 0.6 is 0 Å². The summed E-state index contributed by atoms with van der Waals surface area (Å²) < 4.78 is 10.8. The van der Waals surface area contributed by atoms with E-state index in [1.54, 1.807) is 7.11 Å². The SMILES string of the molecule is CCCNCc1coc(CN(CCOC)CC(C)C)c1. The normalized spacial score (nSPS) is 11.7. The minimum absolute atomic E-state index is 0.646. The van der Waals surface area contributed by atoms with Crippen LogP contribution in [-0.2, 0) is 17.8 Å². The minimum Gasteiger partial charge on any atom is -0.468 e. The topological polar surface area (TPSA) is 37.6 Å². The summed E-state index contributed by atoms with van der Waals surface area (Å²) >= 11 is 0. The molecular formula is C16H30N2O2. The van der Waals surface area contributed by atoms with E-state index >= 15 is 0 Å². The van der Waals surface area contributed by atoms with E-state index in [1.165, 1.54) is 5.56 Å². The summed E-state index contributed by atoms with van der Waals surface area (Å²) in [6, 6.07) is 2.16. The zero-order valence-electron chi connectivity index (χ0n) is 13.4. The fourth-order valence-electron chi connectivity index (χ4n) is 2.20. The standard InChI is InChI=1S/C16H30N2O2/c1-5-6-17-10-15-9-16(20-13-15)12-18(7-8-19-4)11-14(2)3/h9,13-14,17H,5-8,10-12H2,1-4H3. The van der Waals surface area contributed by atoms with Crippen LogP contribution in [0.25, 0.3) is 0 Å². The van der Waals surface area contributed by atoms with Crippen molar-refractivity contribution in [2.75, 3.05) is 33.4 Å². The second-order valence-electron chi connectivity index (χ2n) is 5.72. The van der Waals surface area contributed by atoms with Gasteiger partial charge >= 0.3 is 0 Å². The molecule has 1 rings (SSSR count). The zero-order chi connectivity index (χ0) is 14.8. The molecule has 1 N–H and O–H groups in total. The first-order valence-electron chi connectivity index (χ1n) is 7.64. The van der Waals surface area contributed by atoms with E-state index in [1.807, 2.05) is 6.26 Å². The summed E-state index contributed by atoms with van der Waals surface area (Å²) in [7, 11) is 1.75. The van der Waals surface area contributed by atoms with Crippen LogP contribution in [0.4, 0.5) is 0 Å². The summed E-state index contributed by atoms with van der Waals surface area (Å²) in [5.74, 6) is 1.68. The van der Waals surface area contributed by atoms with Gasteiger partial charge in [-0.2, -0.15) is 0 Å². The molecule has 0 fully saturated rings. The van der Waals surface area contributed by atoms with Gasteiger partial charge in [0, 0.05) is 32.3 Å². The first kappa shape index (κ1) is 17.2. The van der Waals surface area contributed by atoms with Gasteiger partial charge in [-0.15, -0.1) is 0 Å². The third-order valence-corrected chi connectivity index (χ3v) is 3.08. The lowest BCUT2D eigenvalue weighted by atomic mass is 10.2. The van der Waals surface area contributed by atoms with Crippen molar-refractivity contribution in [3.05, 3.63) is 23.7 Å². The van der Waals surface area contributed by atoms with E-state index < -0.39 is 0 Å². The molecule has 0 aliphatic carbocycles. The largest absolute Gasteiger partial charge is 0.468 e. The number of nitrogens with zero attached hydrogens (tertiary/aromatic N) is 1. The zero-order valence-corrected chi connectivity index (χ0v) is 13.4. The average Bonchev–Trinajstić information content (AvgIpc) is 2.83. The Hall–Kier alpha value is -0.840. The van der Waals surface area contributed by atoms with E-state index in [4.69, 9.17) is 9.15 Å². The fourth-order valence-corrected chi connectivity index (χ4v) is 2.20. The van der Waals surface area contributed by atoms with Crippen LogP contribution < -0.4 is 5.32 Å². The summed E-state index contributed by atoms with van der Waals surface area (Å²) in [5, 5.41) is 3.39. The van der Waals surface area contributed by atoms with Crippen molar-refractivity contribution >= 4 is 0 Å². The summed E-state index contributed by atoms with van der Waals surface area (Å²) in [6.07, 6.45) is 3.02. The van der Waals surface area contributed by atoms with Crippen LogP contribution in [0, 0.1) is 5.92 Å². The summed E-state index contributed by atoms with van der Waals surface area (Å²) in [6.45, 7) is 12.2. The molecule has 0 aromatic carbocycles. The average molecular weight is 282 g/mol. The van der Waals surface area contributed by atoms with Gasteiger partial charge in [0.25, 0.3) is 0 Å². The van der Waals surface area contributed by atoms with Crippen molar-refractivity contribution in [2.24, 2.45) is 5.92 Å². The Morgan fingerprint density at radius 2 is 2.20 bits per heavy atom. The summed E-state index contributed by atoms with van der Waals surface area (Å²) in [4.78, 5) is 2.39. The first-order valence-corrected chi connectivity index (χ1v) is 7.64. The number of methoxy groups -OCH3 is 1. The molecule has 1 aromatic heterocycles. The lowest BCUT2D eigenvalue weighted by Crippen LogP contribution is -2.30. The highest BCUT2D eigenvalue weighted by Gasteiger charge is 2.11. The van der Waals surface area contributed by atoms with Gasteiger partial charge in [0.05, 0.1) is 19.4 Å². The van der Waals surface area contributed by atoms with Gasteiger partial charge in [-0.05, 0) is 24.9 Å². The van der Waals surface area contributed by atoms with Crippen LogP contribution in [0.1, 0.15) is 38.5 Å². The van der Waals surface area contributed by atoms with Crippen LogP contribution in [-0.4, -0.2) is 38.3 Å². The van der Waals surface area contributed by atoms with E-state index in [9.17, 15) is 0 Å². The number of hydrogen-bond acceptors (Lipinski definition) is 4. The van der Waals surface area contributed by atoms with Gasteiger partial charge in [-0.25, -0.2) is 0 Å². The predicted octanol–water partition coefficient (Wildman–Crippen LogP) is 2.88. The minimum atomic E-state index is 0.646. The number of ether oxygens (including phenoxy) is 1. The van der Waals surface area contributed by atoms with E-state index in [0.717, 1.165) is 51.5 Å². The molecule has 0 bridgehead atoms. The molecule has 1 aromatic rings. The molecule has 0 aliphatic rings. The molecule has 0 radical (unpaired) electrons. The molecule has 1 heterocycles. The summed E-state index contributed by atoms with van der Waals surface area (Å²) in [5.41, 5.74) is 1.23. The molecule has 0 amide bonds. The molecular weight excluding hydrogens is 252 g/mol. The Balaban J connectivity index is 2.46. The number of furan rings is 1. The molecule has 0 saturated carbocycles. The van der Waals surface area contributed by atoms with E-state index in [2.05, 4.69) is 37.1 Å². The Labute approximate surface area is 123 Å². The molecule has 4 nitrogen and oxygen atoms in total. The lowest BCUT2D eigenvalue weighted by Gasteiger charge is -2.22. The Kier molecular flexibility index (Phi) is 8.58. The molecule has 0 spiro atoms. The number of hydrogen-bond donors (Lipinski definition) is 1. The monoisotopic (exact) mass is 282 g/mol. The molecule has 4 heteroatoms. The maximum Gasteiger partial charge on any atom is 0.118 e. The van der Waals surface area contributed by atoms with E-state index in [-0.39, 0.29) is 0 Å². The van der Waals surface area contributed by atoms with Gasteiger partial charge in [0.1, 0.15) is 5.76 Å². The van der Waals surface area contributed by atoms with Gasteiger partial charge in [-0.3, -0.25) is 4.90 Å². The molecule has 0 aliphatic heterocycles. The smallest absolute Gasteiger partial charge is 0.118 e. The van der Waals surface area contributed by atoms with Crippen molar-refractivity contribution in [1.82, 2.24) is 10.2 Å². The van der Waals surface area contributed by atoms with Crippen molar-refractivity contribution in [2.45, 2.75) is 40.3 Å². The fraction of sp³-hybridized carbons (Fsp3) is 0.750. The third kappa shape index (κ3) is 7.08. The lowest BCUT2D eigenvalue weighted by molar-refractivity contribution is 0.131. The Morgan fingerprint density at radius 3 is 2.85 bits per heavy atom. The molecule has 116 valence electrons. The van der Waals surface area contributed by atoms with E-state index in [0.29, 0.717) is 5.92 Å². The van der Waals surface area contributed by atoms with Crippen LogP contribution in [0.3, 0.4) is 0 Å². The Bertz CT molecular complexity index is 350. The molecule has 0 unspecified atom stereocenters. The van der Waals surface area contributed by atoms with Crippen molar-refractivity contribution in [3.8, 4) is 0 Å². The molecule has 0 atom stereocenters. The van der Waals surface area contributed by atoms with Crippen LogP contribution in [0.2, 0.25) is 0 Å². The van der Waals surface area contributed by atoms with Crippen molar-refractivity contribution in [1.29, 1.82) is 0 Å². The highest BCUT2D eigenvalue weighted by molar-refractivity contribution is 5.12. The van der Waals surface area contributed by atoms with Crippen molar-refractivity contribution < 1.29 is 9.15 Å². The number of rotatable bonds is 11. The van der Waals surface area contributed by atoms with Gasteiger partial charge in [-0.1, -0.05) is 20.8 Å². The predicted molar refractivity (Wildman–Crippen MR) is 82.7 cm³/mol. The van der Waals surface area contributed by atoms with Gasteiger partial charge < -0.3 is 14.5 Å². The third-order valence-electron chi connectivity index (χ3n) is 3.08. The second kappa shape index (κ2) is 9.97. The second-order valence-corrected chi connectivity index (χ2v) is 5.72. The quantitative estimate of drug-likeness (QED) is 0.633. The highest BCUT2D eigenvalue weighted by Crippen LogP contribution is 2.12. The maximum absolute atomic E-state index is 5.66. The maximum atomic E-state index is 5.66. The molecule has 20 heavy (non-hydrogen) atoms.